The van der Waals surface area contributed by atoms with E-state index in [1.54, 1.807) is 7.11 Å². The third kappa shape index (κ3) is 1.78. The van der Waals surface area contributed by atoms with Crippen LogP contribution in [0.25, 0.3) is 0 Å². The molecular weight excluding hydrogens is 259 g/mol. The minimum atomic E-state index is -0.244. The van der Waals surface area contributed by atoms with E-state index in [1.807, 2.05) is 6.92 Å². The molecule has 0 saturated carbocycles. The Balaban J connectivity index is 2.22. The van der Waals surface area contributed by atoms with Crippen molar-refractivity contribution < 1.29 is 14.3 Å². The topological polar surface area (TPSA) is 35.5 Å². The van der Waals surface area contributed by atoms with Gasteiger partial charge in [-0.2, -0.15) is 0 Å². The Bertz CT molecular complexity index is 271. The Morgan fingerprint density at radius 1 is 1.60 bits per heavy atom. The zero-order valence-corrected chi connectivity index (χ0v) is 11.2. The van der Waals surface area contributed by atoms with Crippen LogP contribution in [0.2, 0.25) is 9.13 Å². The van der Waals surface area contributed by atoms with Crippen LogP contribution in [0, 0.1) is 0 Å². The van der Waals surface area contributed by atoms with Gasteiger partial charge in [-0.1, -0.05) is 0 Å². The molecule has 2 bridgehead atoms. The quantitative estimate of drug-likeness (QED) is 0.578. The van der Waals surface area contributed by atoms with Crippen LogP contribution in [-0.2, 0) is 14.3 Å². The van der Waals surface area contributed by atoms with E-state index in [2.05, 4.69) is 6.92 Å². The minimum absolute atomic E-state index is 0.0385. The van der Waals surface area contributed by atoms with E-state index in [4.69, 9.17) is 9.47 Å². The molecule has 2 aliphatic heterocycles. The molecule has 2 aliphatic rings. The first-order valence-electron chi connectivity index (χ1n) is 5.35. The first-order valence-corrected chi connectivity index (χ1v) is 7.19. The molecular formula is C11H18O3Se. The van der Waals surface area contributed by atoms with Gasteiger partial charge in [0.05, 0.1) is 0 Å². The summed E-state index contributed by atoms with van der Waals surface area (Å²) >= 11 is 0.277. The maximum atomic E-state index is 11.2. The van der Waals surface area contributed by atoms with Crippen LogP contribution >= 0.6 is 0 Å². The van der Waals surface area contributed by atoms with E-state index in [0.29, 0.717) is 11.4 Å². The first kappa shape index (κ1) is 11.6. The van der Waals surface area contributed by atoms with Crippen LogP contribution in [-0.4, -0.2) is 46.7 Å². The summed E-state index contributed by atoms with van der Waals surface area (Å²) in [5.41, 5.74) is -0.0385. The summed E-state index contributed by atoms with van der Waals surface area (Å²) in [6.07, 6.45) is 3.34. The summed E-state index contributed by atoms with van der Waals surface area (Å²) in [4.78, 5) is 11.6. The maximum absolute atomic E-state index is 11.2. The van der Waals surface area contributed by atoms with Crippen molar-refractivity contribution in [3.63, 3.8) is 0 Å². The Morgan fingerprint density at radius 3 is 2.93 bits per heavy atom. The Kier molecular flexibility index (Phi) is 2.97. The second-order valence-corrected chi connectivity index (χ2v) is 8.36. The summed E-state index contributed by atoms with van der Waals surface area (Å²) in [6.45, 7) is 4.92. The molecule has 2 rings (SSSR count). The fourth-order valence-corrected chi connectivity index (χ4v) is 5.86. The van der Waals surface area contributed by atoms with Crippen molar-refractivity contribution in [3.05, 3.63) is 0 Å². The average molecular weight is 277 g/mol. The van der Waals surface area contributed by atoms with Gasteiger partial charge in [-0.05, 0) is 0 Å². The van der Waals surface area contributed by atoms with E-state index < -0.39 is 0 Å². The molecule has 3 nitrogen and oxygen atoms in total. The molecule has 2 saturated heterocycles. The van der Waals surface area contributed by atoms with E-state index in [-0.39, 0.29) is 31.0 Å². The Labute approximate surface area is 97.0 Å². The molecule has 0 aliphatic carbocycles. The molecule has 4 heteroatoms. The summed E-state index contributed by atoms with van der Waals surface area (Å²) in [5, 5.41) is 0. The number of ether oxygens (including phenoxy) is 2. The first-order chi connectivity index (χ1) is 7.04. The summed E-state index contributed by atoms with van der Waals surface area (Å²) in [5.74, 6) is 0. The van der Waals surface area contributed by atoms with Gasteiger partial charge in [0, 0.05) is 0 Å². The molecule has 0 aromatic heterocycles. The van der Waals surface area contributed by atoms with Crippen LogP contribution < -0.4 is 0 Å². The molecule has 0 amide bonds. The number of hydrogen-bond donors (Lipinski definition) is 0. The summed E-state index contributed by atoms with van der Waals surface area (Å²) in [6, 6.07) is 0. The van der Waals surface area contributed by atoms with E-state index in [0.717, 1.165) is 19.1 Å². The fourth-order valence-electron chi connectivity index (χ4n) is 2.47. The van der Waals surface area contributed by atoms with Crippen LogP contribution in [0.4, 0.5) is 0 Å². The van der Waals surface area contributed by atoms with Crippen LogP contribution in [0.15, 0.2) is 0 Å². The molecule has 0 aromatic rings. The van der Waals surface area contributed by atoms with Gasteiger partial charge in [0.2, 0.25) is 0 Å². The van der Waals surface area contributed by atoms with Gasteiger partial charge in [0.15, 0.2) is 0 Å². The number of carbonyl (C=O) groups excluding carboxylic acids is 1. The second kappa shape index (κ2) is 3.85. The predicted molar refractivity (Wildman–Crippen MR) is 58.3 cm³/mol. The standard InChI is InChI=1S/C11H18O3Se/c1-10-5-4-8(14-10)11(2,7-12)15-9(10)6-13-3/h7-9H,4-6H2,1-3H3/t8-,9+,10+,11-/m1/s1. The van der Waals surface area contributed by atoms with Crippen LogP contribution in [0.3, 0.4) is 0 Å². The molecule has 4 atom stereocenters. The van der Waals surface area contributed by atoms with Crippen molar-refractivity contribution >= 4 is 21.2 Å². The van der Waals surface area contributed by atoms with Crippen molar-refractivity contribution in [2.75, 3.05) is 13.7 Å². The van der Waals surface area contributed by atoms with E-state index in [1.165, 1.54) is 0 Å². The third-order valence-electron chi connectivity index (χ3n) is 3.58. The molecule has 0 unspecified atom stereocenters. The molecule has 0 N–H and O–H groups in total. The van der Waals surface area contributed by atoms with Gasteiger partial charge in [0.25, 0.3) is 0 Å². The zero-order chi connectivity index (χ0) is 11.1. The SMILES string of the molecule is COC[C@@H]1[Se][C@](C)(C=O)[C@H]2CC[C@]1(C)O2. The normalized spacial score (nSPS) is 49.3. The van der Waals surface area contributed by atoms with E-state index >= 15 is 0 Å². The van der Waals surface area contributed by atoms with Crippen molar-refractivity contribution in [2.45, 2.75) is 47.5 Å². The number of methoxy groups -OCH3 is 1. The van der Waals surface area contributed by atoms with Crippen LogP contribution in [0.5, 0.6) is 0 Å². The molecule has 0 aromatic carbocycles. The van der Waals surface area contributed by atoms with Gasteiger partial charge in [0.1, 0.15) is 0 Å². The Morgan fingerprint density at radius 2 is 2.33 bits per heavy atom. The fraction of sp³-hybridized carbons (Fsp3) is 0.909. The van der Waals surface area contributed by atoms with Gasteiger partial charge in [-0.3, -0.25) is 0 Å². The monoisotopic (exact) mass is 278 g/mol. The number of fused-ring (bicyclic) bond motifs is 2. The molecule has 86 valence electrons. The van der Waals surface area contributed by atoms with Gasteiger partial charge >= 0.3 is 96.8 Å². The Hall–Kier alpha value is 0.109. The van der Waals surface area contributed by atoms with Crippen molar-refractivity contribution in [2.24, 2.45) is 0 Å². The van der Waals surface area contributed by atoms with Crippen molar-refractivity contribution in [1.82, 2.24) is 0 Å². The van der Waals surface area contributed by atoms with E-state index in [9.17, 15) is 4.79 Å². The number of carbonyl (C=O) groups is 1. The molecule has 15 heavy (non-hydrogen) atoms. The molecule has 2 heterocycles. The van der Waals surface area contributed by atoms with Gasteiger partial charge in [-0.15, -0.1) is 0 Å². The number of hydrogen-bond acceptors (Lipinski definition) is 3. The zero-order valence-electron chi connectivity index (χ0n) is 9.49. The number of aldehydes is 1. The second-order valence-electron chi connectivity index (χ2n) is 4.82. The van der Waals surface area contributed by atoms with Gasteiger partial charge in [-0.25, -0.2) is 0 Å². The summed E-state index contributed by atoms with van der Waals surface area (Å²) in [7, 11) is 1.72. The molecule has 0 spiro atoms. The summed E-state index contributed by atoms with van der Waals surface area (Å²) < 4.78 is 11.1. The van der Waals surface area contributed by atoms with Crippen molar-refractivity contribution in [1.29, 1.82) is 0 Å². The van der Waals surface area contributed by atoms with Gasteiger partial charge < -0.3 is 0 Å². The van der Waals surface area contributed by atoms with Crippen molar-refractivity contribution in [3.8, 4) is 0 Å². The number of rotatable bonds is 3. The third-order valence-corrected chi connectivity index (χ3v) is 7.33. The van der Waals surface area contributed by atoms with Crippen LogP contribution in [0.1, 0.15) is 26.7 Å². The predicted octanol–water partition coefficient (Wildman–Crippen LogP) is 1.45. The molecule has 0 radical (unpaired) electrons. The molecule has 2 fully saturated rings. The average Bonchev–Trinajstić information content (AvgIpc) is 2.58.